The number of hydrogen-bond donors (Lipinski definition) is 3. The van der Waals surface area contributed by atoms with Gasteiger partial charge in [0.25, 0.3) is 5.91 Å². The fourth-order valence-corrected chi connectivity index (χ4v) is 2.50. The molecule has 0 bridgehead atoms. The van der Waals surface area contributed by atoms with Crippen LogP contribution in [0, 0.1) is 0 Å². The zero-order valence-electron chi connectivity index (χ0n) is 17.3. The van der Waals surface area contributed by atoms with Crippen molar-refractivity contribution in [1.29, 1.82) is 0 Å². The summed E-state index contributed by atoms with van der Waals surface area (Å²) < 4.78 is 15.7. The maximum atomic E-state index is 12.7. The highest BCUT2D eigenvalue weighted by atomic mass is 16.6. The van der Waals surface area contributed by atoms with Crippen molar-refractivity contribution in [3.63, 3.8) is 0 Å². The molecular weight excluding hydrogens is 402 g/mol. The lowest BCUT2D eigenvalue weighted by Gasteiger charge is -2.19. The number of rotatable bonds is 12. The molecule has 3 N–H and O–H groups in total. The minimum absolute atomic E-state index is 0.0456. The van der Waals surface area contributed by atoms with E-state index in [2.05, 4.69) is 22.7 Å². The molecule has 0 radical (unpaired) electrons. The quantitative estimate of drug-likeness (QED) is 0.155. The van der Waals surface area contributed by atoms with Crippen molar-refractivity contribution in [2.75, 3.05) is 31.1 Å². The summed E-state index contributed by atoms with van der Waals surface area (Å²) in [6.07, 6.45) is 1.07. The van der Waals surface area contributed by atoms with Gasteiger partial charge in [0.15, 0.2) is 11.8 Å². The van der Waals surface area contributed by atoms with E-state index in [9.17, 15) is 14.4 Å². The first-order valence-corrected chi connectivity index (χ1v) is 9.43. The van der Waals surface area contributed by atoms with Crippen LogP contribution in [0.3, 0.4) is 0 Å². The number of ketones is 1. The zero-order chi connectivity index (χ0) is 22.6. The Morgan fingerprint density at radius 2 is 1.65 bits per heavy atom. The molecule has 1 amide bonds. The number of Topliss-reactive ketones (excluding diaryl/α,β-unsaturated/α-hetero) is 1. The molecule has 0 aromatic heterocycles. The van der Waals surface area contributed by atoms with Crippen molar-refractivity contribution in [3.8, 4) is 11.5 Å². The largest absolute Gasteiger partial charge is 0.495 e. The molecule has 164 valence electrons. The molecule has 0 spiro atoms. The Kier molecular flexibility index (Phi) is 9.06. The lowest BCUT2D eigenvalue weighted by Crippen LogP contribution is -2.48. The van der Waals surface area contributed by atoms with E-state index in [1.807, 2.05) is 0 Å². The van der Waals surface area contributed by atoms with Gasteiger partial charge in [-0.15, -0.1) is 0 Å². The first-order valence-electron chi connectivity index (χ1n) is 9.43. The van der Waals surface area contributed by atoms with Gasteiger partial charge >= 0.3 is 5.97 Å². The van der Waals surface area contributed by atoms with Gasteiger partial charge in [0.05, 0.1) is 18.5 Å². The Hall–Kier alpha value is -3.85. The van der Waals surface area contributed by atoms with Gasteiger partial charge in [-0.2, -0.15) is 0 Å². The van der Waals surface area contributed by atoms with E-state index in [1.54, 1.807) is 48.5 Å². The first-order chi connectivity index (χ1) is 15.0. The number of para-hydroxylation sites is 4. The Morgan fingerprint density at radius 1 is 1.00 bits per heavy atom. The fraction of sp³-hybridized carbons (Fsp3) is 0.227. The van der Waals surface area contributed by atoms with Gasteiger partial charge in [0.1, 0.15) is 24.7 Å². The minimum atomic E-state index is -1.17. The number of benzene rings is 2. The van der Waals surface area contributed by atoms with Crippen molar-refractivity contribution >= 4 is 29.0 Å². The number of ether oxygens (including phenoxy) is 3. The number of amides is 1. The van der Waals surface area contributed by atoms with Crippen LogP contribution in [0.2, 0.25) is 0 Å². The number of carbonyl (C=O) groups is 3. The second-order valence-corrected chi connectivity index (χ2v) is 6.22. The van der Waals surface area contributed by atoms with Gasteiger partial charge in [-0.25, -0.2) is 10.2 Å². The SMILES string of the molecule is C=CC(=O)OCCOc1ccccc1NNC(C(C)=O)C(=O)Nc1ccccc1OC. The van der Waals surface area contributed by atoms with Crippen molar-refractivity contribution in [2.45, 2.75) is 13.0 Å². The number of esters is 1. The molecule has 9 nitrogen and oxygen atoms in total. The number of carbonyl (C=O) groups excluding carboxylic acids is 3. The van der Waals surface area contributed by atoms with Crippen LogP contribution in [0.1, 0.15) is 6.92 Å². The molecule has 2 aromatic rings. The first kappa shape index (κ1) is 23.4. The average molecular weight is 427 g/mol. The molecule has 2 aromatic carbocycles. The second-order valence-electron chi connectivity index (χ2n) is 6.22. The van der Waals surface area contributed by atoms with E-state index in [0.29, 0.717) is 22.9 Å². The average Bonchev–Trinajstić information content (AvgIpc) is 2.77. The van der Waals surface area contributed by atoms with E-state index in [4.69, 9.17) is 14.2 Å². The van der Waals surface area contributed by atoms with Crippen LogP contribution in [0.5, 0.6) is 11.5 Å². The molecule has 2 rings (SSSR count). The molecule has 0 fully saturated rings. The molecule has 1 unspecified atom stereocenters. The van der Waals surface area contributed by atoms with Crippen molar-refractivity contribution in [1.82, 2.24) is 5.43 Å². The van der Waals surface area contributed by atoms with Crippen LogP contribution in [0.4, 0.5) is 11.4 Å². The fourth-order valence-electron chi connectivity index (χ4n) is 2.50. The number of nitrogens with one attached hydrogen (secondary N) is 3. The maximum absolute atomic E-state index is 12.7. The molecule has 0 aliphatic carbocycles. The third-order valence-corrected chi connectivity index (χ3v) is 4.02. The highest BCUT2D eigenvalue weighted by Gasteiger charge is 2.24. The maximum Gasteiger partial charge on any atom is 0.330 e. The van der Waals surface area contributed by atoms with Gasteiger partial charge in [-0.05, 0) is 31.2 Å². The number of anilines is 2. The van der Waals surface area contributed by atoms with Gasteiger partial charge in [0, 0.05) is 6.08 Å². The Bertz CT molecular complexity index is 931. The van der Waals surface area contributed by atoms with Gasteiger partial charge in [0.2, 0.25) is 0 Å². The van der Waals surface area contributed by atoms with E-state index in [0.717, 1.165) is 6.08 Å². The summed E-state index contributed by atoms with van der Waals surface area (Å²) in [6.45, 7) is 4.78. The van der Waals surface area contributed by atoms with Crippen LogP contribution >= 0.6 is 0 Å². The molecule has 0 aliphatic rings. The summed E-state index contributed by atoms with van der Waals surface area (Å²) in [5, 5.41) is 2.68. The standard InChI is InChI=1S/C22H25N3O6/c1-4-20(27)31-14-13-30-19-12-8-6-10-17(19)24-25-21(15(2)26)22(28)23-16-9-5-7-11-18(16)29-3/h4-12,21,24-25H,1,13-14H2,2-3H3,(H,23,28). The highest BCUT2D eigenvalue weighted by molar-refractivity contribution is 6.10. The molecule has 9 heteroatoms. The van der Waals surface area contributed by atoms with Crippen LogP contribution in [0.15, 0.2) is 61.2 Å². The van der Waals surface area contributed by atoms with Gasteiger partial charge < -0.3 is 25.0 Å². The van der Waals surface area contributed by atoms with Crippen LogP contribution in [-0.4, -0.2) is 44.0 Å². The molecule has 0 saturated heterocycles. The summed E-state index contributed by atoms with van der Waals surface area (Å²) in [7, 11) is 1.49. The van der Waals surface area contributed by atoms with E-state index in [1.165, 1.54) is 14.0 Å². The van der Waals surface area contributed by atoms with Crippen LogP contribution < -0.4 is 25.6 Å². The summed E-state index contributed by atoms with van der Waals surface area (Å²) in [4.78, 5) is 35.8. The Balaban J connectivity index is 2.00. The Labute approximate surface area is 180 Å². The van der Waals surface area contributed by atoms with Gasteiger partial charge in [-0.1, -0.05) is 30.8 Å². The predicted octanol–water partition coefficient (Wildman–Crippen LogP) is 2.32. The van der Waals surface area contributed by atoms with Crippen LogP contribution in [0.25, 0.3) is 0 Å². The Morgan fingerprint density at radius 3 is 2.29 bits per heavy atom. The van der Waals surface area contributed by atoms with E-state index >= 15 is 0 Å². The molecule has 0 aliphatic heterocycles. The lowest BCUT2D eigenvalue weighted by atomic mass is 10.2. The van der Waals surface area contributed by atoms with Crippen molar-refractivity contribution < 1.29 is 28.6 Å². The molecule has 0 heterocycles. The van der Waals surface area contributed by atoms with Crippen molar-refractivity contribution in [3.05, 3.63) is 61.2 Å². The minimum Gasteiger partial charge on any atom is -0.495 e. The summed E-state index contributed by atoms with van der Waals surface area (Å²) in [5.74, 6) is -0.574. The monoisotopic (exact) mass is 427 g/mol. The number of hydrogen-bond acceptors (Lipinski definition) is 8. The summed E-state index contributed by atoms with van der Waals surface area (Å²) in [5.41, 5.74) is 6.50. The zero-order valence-corrected chi connectivity index (χ0v) is 17.3. The smallest absolute Gasteiger partial charge is 0.330 e. The summed E-state index contributed by atoms with van der Waals surface area (Å²) >= 11 is 0. The van der Waals surface area contributed by atoms with Crippen LogP contribution in [-0.2, 0) is 19.1 Å². The second kappa shape index (κ2) is 12.0. The number of hydrazine groups is 1. The lowest BCUT2D eigenvalue weighted by molar-refractivity contribution is -0.138. The predicted molar refractivity (Wildman–Crippen MR) is 116 cm³/mol. The van der Waals surface area contributed by atoms with Gasteiger partial charge in [-0.3, -0.25) is 9.59 Å². The van der Waals surface area contributed by atoms with Crippen molar-refractivity contribution in [2.24, 2.45) is 0 Å². The highest BCUT2D eigenvalue weighted by Crippen LogP contribution is 2.24. The molecule has 1 atom stereocenters. The summed E-state index contributed by atoms with van der Waals surface area (Å²) in [6, 6.07) is 12.6. The third kappa shape index (κ3) is 7.16. The normalized spacial score (nSPS) is 11.0. The molecule has 0 saturated carbocycles. The molecular formula is C22H25N3O6. The topological polar surface area (TPSA) is 115 Å². The number of methoxy groups -OCH3 is 1. The molecule has 31 heavy (non-hydrogen) atoms. The van der Waals surface area contributed by atoms with E-state index < -0.39 is 23.7 Å². The van der Waals surface area contributed by atoms with E-state index in [-0.39, 0.29) is 13.2 Å². The third-order valence-electron chi connectivity index (χ3n) is 4.02.